The average molecular weight is 1850 g/mol. The fourth-order valence-corrected chi connectivity index (χ4v) is 12.6. The zero-order valence-electron chi connectivity index (χ0n) is 75.7. The molecule has 132 heavy (non-hydrogen) atoms. The van der Waals surface area contributed by atoms with E-state index in [1.807, 2.05) is 0 Å². The minimum atomic E-state index is -1.79. The number of unbranched alkanes of at least 4 members (excludes halogenated alkanes) is 18. The normalized spacial score (nSPS) is 11.6. The quantitative estimate of drug-likeness (QED) is 0.0112. The largest absolute Gasteiger partial charge is 0.549 e. The van der Waals surface area contributed by atoms with Gasteiger partial charge in [-0.3, -0.25) is 0 Å². The summed E-state index contributed by atoms with van der Waals surface area (Å²) >= 11 is 0. The Morgan fingerprint density at radius 2 is 0.356 bits per heavy atom. The molecule has 6 aromatic rings. The van der Waals surface area contributed by atoms with Gasteiger partial charge in [0.1, 0.15) is 34.5 Å². The first kappa shape index (κ1) is 107. The third kappa shape index (κ3) is 44.7. The number of hydrogen-bond donors (Lipinski definition) is 0. The third-order valence-electron chi connectivity index (χ3n) is 20.0. The van der Waals surface area contributed by atoms with Crippen LogP contribution in [0.25, 0.3) is 0 Å². The number of rotatable bonds is 59. The van der Waals surface area contributed by atoms with Gasteiger partial charge >= 0.3 is 72.7 Å². The molecule has 0 aliphatic heterocycles. The number of carbonyl (C=O) groups is 12. The summed E-state index contributed by atoms with van der Waals surface area (Å²) in [4.78, 5) is 221. The number of ether oxygens (including phenoxy) is 12. The van der Waals surface area contributed by atoms with Crippen LogP contribution in [-0.4, -0.2) is 152 Å². The molecule has 0 amide bonds. The summed E-state index contributed by atoms with van der Waals surface area (Å²) in [5.41, 5.74) is -0.732. The van der Waals surface area contributed by atoms with Crippen LogP contribution in [0.5, 0.6) is 34.5 Å². The molecule has 4 unspecified atom stereocenters. The SMILES string of the molecule is CCCCCCOc1ccc(C(=O)OOC(=O)OCCC(COC(=O)OOC(=O)c2ccc(OCCCCCC)cc2)C(COC(=O)OOC(=O)c2ccc(OCCCCCC)cc2)C(COC(=O)OOC(=O)c2ccc(OCCCCCC)cc2)C(CCOC(=O)OOC(=O)c2ccc(OCCCCCC)cc2)COC(=O)OOC(=O)c2ccc(OCCCCCC)cc2)cc1. The van der Waals surface area contributed by atoms with Crippen molar-refractivity contribution < 1.29 is 173 Å². The van der Waals surface area contributed by atoms with Crippen molar-refractivity contribution in [2.75, 3.05) is 79.3 Å². The minimum Gasteiger partial charge on any atom is -0.494 e. The summed E-state index contributed by atoms with van der Waals surface area (Å²) in [6, 6.07) is 33.7. The molecule has 6 rings (SSSR count). The molecular formula is C96H122O36. The van der Waals surface area contributed by atoms with E-state index in [1.165, 1.54) is 146 Å². The Bertz CT molecular complexity index is 4070. The number of carbonyl (C=O) groups excluding carboxylic acids is 12. The van der Waals surface area contributed by atoms with E-state index in [4.69, 9.17) is 115 Å². The van der Waals surface area contributed by atoms with Crippen molar-refractivity contribution in [3.8, 4) is 34.5 Å². The Hall–Kier alpha value is -13.4. The van der Waals surface area contributed by atoms with Gasteiger partial charge in [-0.05, 0) is 197 Å². The highest BCUT2D eigenvalue weighted by atomic mass is 17.3. The van der Waals surface area contributed by atoms with Crippen molar-refractivity contribution in [1.29, 1.82) is 0 Å². The van der Waals surface area contributed by atoms with Crippen LogP contribution < -0.4 is 28.4 Å². The molecule has 0 saturated heterocycles. The Morgan fingerprint density at radius 3 is 0.530 bits per heavy atom. The van der Waals surface area contributed by atoms with Gasteiger partial charge in [0.25, 0.3) is 0 Å². The summed E-state index contributed by atoms with van der Waals surface area (Å²) in [5, 5.41) is 0. The van der Waals surface area contributed by atoms with Crippen molar-refractivity contribution in [1.82, 2.24) is 0 Å². The molecule has 0 radical (unpaired) electrons. The fraction of sp³-hybridized carbons (Fsp3) is 0.500. The van der Waals surface area contributed by atoms with Crippen LogP contribution in [0, 0.1) is 23.7 Å². The molecule has 722 valence electrons. The maximum absolute atomic E-state index is 14.1. The van der Waals surface area contributed by atoms with Gasteiger partial charge < -0.3 is 56.8 Å². The molecule has 36 heteroatoms. The van der Waals surface area contributed by atoms with Gasteiger partial charge in [0.05, 0.1) is 113 Å². The summed E-state index contributed by atoms with van der Waals surface area (Å²) in [5.74, 6) is -11.4. The van der Waals surface area contributed by atoms with Gasteiger partial charge in [-0.2, -0.15) is 28.8 Å². The molecule has 0 aliphatic carbocycles. The third-order valence-corrected chi connectivity index (χ3v) is 20.0. The maximum Gasteiger partial charge on any atom is 0.549 e. The van der Waals surface area contributed by atoms with Crippen LogP contribution in [0.4, 0.5) is 28.8 Å². The predicted molar refractivity (Wildman–Crippen MR) is 467 cm³/mol. The van der Waals surface area contributed by atoms with Crippen LogP contribution in [0.2, 0.25) is 0 Å². The first-order valence-corrected chi connectivity index (χ1v) is 44.9. The van der Waals surface area contributed by atoms with Crippen LogP contribution >= 0.6 is 0 Å². The molecular weight excluding hydrogens is 1730 g/mol. The van der Waals surface area contributed by atoms with E-state index in [-0.39, 0.29) is 33.4 Å². The molecule has 0 aromatic heterocycles. The van der Waals surface area contributed by atoms with Crippen LogP contribution in [-0.2, 0) is 87.1 Å². The van der Waals surface area contributed by atoms with E-state index in [0.29, 0.717) is 74.1 Å². The smallest absolute Gasteiger partial charge is 0.494 e. The van der Waals surface area contributed by atoms with Gasteiger partial charge in [-0.15, -0.1) is 0 Å². The molecule has 0 aliphatic rings. The van der Waals surface area contributed by atoms with Crippen LogP contribution in [0.3, 0.4) is 0 Å². The second kappa shape index (κ2) is 65.2. The molecule has 0 heterocycles. The van der Waals surface area contributed by atoms with E-state index in [0.717, 1.165) is 154 Å². The molecule has 0 N–H and O–H groups in total. The monoisotopic (exact) mass is 1850 g/mol. The number of benzene rings is 6. The van der Waals surface area contributed by atoms with Gasteiger partial charge in [0, 0.05) is 23.7 Å². The highest BCUT2D eigenvalue weighted by Crippen LogP contribution is 2.35. The Morgan fingerprint density at radius 1 is 0.189 bits per heavy atom. The lowest BCUT2D eigenvalue weighted by molar-refractivity contribution is -0.212. The fourth-order valence-electron chi connectivity index (χ4n) is 12.6. The number of hydrogen-bond acceptors (Lipinski definition) is 36. The average Bonchev–Trinajstić information content (AvgIpc) is 0.828. The van der Waals surface area contributed by atoms with Gasteiger partial charge in [0.2, 0.25) is 0 Å². The second-order valence-electron chi connectivity index (χ2n) is 30.2. The first-order chi connectivity index (χ1) is 64.2. The van der Waals surface area contributed by atoms with E-state index in [1.54, 1.807) is 0 Å². The summed E-state index contributed by atoms with van der Waals surface area (Å²) in [6.45, 7) is 8.75. The van der Waals surface area contributed by atoms with Gasteiger partial charge in [-0.25, -0.2) is 87.4 Å². The lowest BCUT2D eigenvalue weighted by atomic mass is 9.74. The first-order valence-electron chi connectivity index (χ1n) is 44.9. The lowest BCUT2D eigenvalue weighted by Crippen LogP contribution is -2.41. The Balaban J connectivity index is 1.39. The minimum absolute atomic E-state index is 0.0929. The summed E-state index contributed by atoms with van der Waals surface area (Å²) in [7, 11) is 0. The zero-order valence-corrected chi connectivity index (χ0v) is 75.7. The van der Waals surface area contributed by atoms with E-state index in [9.17, 15) is 57.5 Å². The molecule has 0 bridgehead atoms. The van der Waals surface area contributed by atoms with Crippen molar-refractivity contribution in [3.63, 3.8) is 0 Å². The molecule has 4 atom stereocenters. The maximum atomic E-state index is 14.1. The zero-order chi connectivity index (χ0) is 95.0. The topological polar surface area (TPSA) is 426 Å². The van der Waals surface area contributed by atoms with Gasteiger partial charge in [0.15, 0.2) is 0 Å². The van der Waals surface area contributed by atoms with Crippen LogP contribution in [0.15, 0.2) is 146 Å². The molecule has 36 nitrogen and oxygen atoms in total. The highest BCUT2D eigenvalue weighted by molar-refractivity contribution is 5.92. The van der Waals surface area contributed by atoms with Crippen LogP contribution in [0.1, 0.15) is 271 Å². The summed E-state index contributed by atoms with van der Waals surface area (Å²) < 4.78 is 68.0. The van der Waals surface area contributed by atoms with E-state index >= 15 is 0 Å². The standard InChI is InChI=1S/C96H122O36/c1-7-13-19-25-57-109-77-43-31-69(32-44-77)85(97)121-127-91(103)115-63-55-75(65-117-93(105)129-123-87(99)71-35-47-79(48-36-71)111-59-27-21-15-9-3)83(67-119-95(107)131-125-89(101)73-39-51-81(52-40-73)113-61-29-23-17-11-5)84(68-120-96(108)132-126-90(102)74-41-53-82(54-42-74)114-62-30-24-18-12-6)76(66-118-94(106)130-124-88(100)72-37-49-80(50-38-72)112-60-28-22-16-10-4)56-64-116-92(104)128-122-86(98)70-33-45-78(46-34-70)110-58-26-20-14-8-2/h31-54,75-76,83-84H,7-30,55-68H2,1-6H3. The summed E-state index contributed by atoms with van der Waals surface area (Å²) in [6.07, 6.45) is 10.7. The lowest BCUT2D eigenvalue weighted by Gasteiger charge is -2.36. The van der Waals surface area contributed by atoms with Crippen molar-refractivity contribution >= 4 is 72.7 Å². The molecule has 0 saturated carbocycles. The highest BCUT2D eigenvalue weighted by Gasteiger charge is 2.40. The van der Waals surface area contributed by atoms with Crippen molar-refractivity contribution in [2.45, 2.75) is 208 Å². The molecule has 6 aromatic carbocycles. The Kier molecular flexibility index (Phi) is 53.0. The van der Waals surface area contributed by atoms with E-state index in [2.05, 4.69) is 41.5 Å². The Labute approximate surface area is 767 Å². The molecule has 0 fully saturated rings. The van der Waals surface area contributed by atoms with E-state index < -0.39 is 149 Å². The second-order valence-corrected chi connectivity index (χ2v) is 30.2. The van der Waals surface area contributed by atoms with Gasteiger partial charge in [-0.1, -0.05) is 157 Å². The van der Waals surface area contributed by atoms with Crippen molar-refractivity contribution in [3.05, 3.63) is 179 Å². The van der Waals surface area contributed by atoms with Crippen molar-refractivity contribution in [2.24, 2.45) is 23.7 Å². The molecule has 0 spiro atoms. The predicted octanol–water partition coefficient (Wildman–Crippen LogP) is 21.5.